The van der Waals surface area contributed by atoms with Gasteiger partial charge in [-0.05, 0) is 42.6 Å². The molecule has 0 aliphatic carbocycles. The molecule has 1 aliphatic rings. The maximum atomic E-state index is 13.1. The summed E-state index contributed by atoms with van der Waals surface area (Å²) in [6, 6.07) is 4.60. The van der Waals surface area contributed by atoms with Gasteiger partial charge in [0.1, 0.15) is 5.82 Å². The lowest BCUT2D eigenvalue weighted by atomic mass is 9.99. The molecule has 1 aromatic carbocycles. The highest BCUT2D eigenvalue weighted by Gasteiger charge is 2.25. The van der Waals surface area contributed by atoms with Gasteiger partial charge < -0.3 is 10.6 Å². The van der Waals surface area contributed by atoms with Crippen molar-refractivity contribution in [3.05, 3.63) is 29.6 Å². The molecule has 1 aromatic rings. The van der Waals surface area contributed by atoms with E-state index in [1.165, 1.54) is 12.1 Å². The van der Waals surface area contributed by atoms with Crippen LogP contribution in [0.3, 0.4) is 0 Å². The van der Waals surface area contributed by atoms with Crippen molar-refractivity contribution in [2.24, 2.45) is 11.7 Å². The molecule has 4 heteroatoms. The lowest BCUT2D eigenvalue weighted by Crippen LogP contribution is -2.39. The summed E-state index contributed by atoms with van der Waals surface area (Å²) in [6.07, 6.45) is 1.08. The maximum absolute atomic E-state index is 13.1. The number of carbonyl (C=O) groups is 1. The summed E-state index contributed by atoms with van der Waals surface area (Å²) in [7, 11) is 0. The molecule has 0 bridgehead atoms. The van der Waals surface area contributed by atoms with E-state index in [2.05, 4.69) is 0 Å². The van der Waals surface area contributed by atoms with Crippen LogP contribution < -0.4 is 10.6 Å². The van der Waals surface area contributed by atoms with E-state index in [4.69, 9.17) is 5.73 Å². The van der Waals surface area contributed by atoms with E-state index >= 15 is 0 Å². The molecule has 0 saturated carbocycles. The first kappa shape index (κ1) is 12.0. The van der Waals surface area contributed by atoms with Gasteiger partial charge in [-0.15, -0.1) is 0 Å². The molecular formula is C13H17FN2O. The second-order valence-corrected chi connectivity index (χ2v) is 4.62. The number of hydrogen-bond donors (Lipinski definition) is 1. The summed E-state index contributed by atoms with van der Waals surface area (Å²) >= 11 is 0. The minimum Gasteiger partial charge on any atom is -0.330 e. The number of nitrogens with zero attached hydrogens (tertiary/aromatic N) is 1. The zero-order chi connectivity index (χ0) is 12.4. The van der Waals surface area contributed by atoms with Gasteiger partial charge in [0.2, 0.25) is 5.91 Å². The van der Waals surface area contributed by atoms with E-state index in [1.54, 1.807) is 11.0 Å². The van der Waals surface area contributed by atoms with Crippen LogP contribution in [0.5, 0.6) is 0 Å². The summed E-state index contributed by atoms with van der Waals surface area (Å²) in [5, 5.41) is 0. The van der Waals surface area contributed by atoms with Crippen LogP contribution in [0.1, 0.15) is 18.9 Å². The Labute approximate surface area is 100 Å². The summed E-state index contributed by atoms with van der Waals surface area (Å²) in [6.45, 7) is 3.15. The molecule has 1 aliphatic heterocycles. The normalized spacial score (nSPS) is 16.9. The molecule has 2 N–H and O–H groups in total. The first-order valence-electron chi connectivity index (χ1n) is 5.90. The van der Waals surface area contributed by atoms with Gasteiger partial charge in [0.05, 0.1) is 0 Å². The molecule has 0 spiro atoms. The highest BCUT2D eigenvalue weighted by atomic mass is 19.1. The molecule has 2 rings (SSSR count). The first-order valence-corrected chi connectivity index (χ1v) is 5.90. The SMILES string of the molecule is CC(CN)CN1C(=O)CCc2cc(F)ccc21. The molecule has 1 heterocycles. The van der Waals surface area contributed by atoms with Crippen molar-refractivity contribution in [1.82, 2.24) is 0 Å². The Bertz CT molecular complexity index is 433. The average molecular weight is 236 g/mol. The molecule has 17 heavy (non-hydrogen) atoms. The summed E-state index contributed by atoms with van der Waals surface area (Å²) in [5.41, 5.74) is 7.33. The van der Waals surface area contributed by atoms with Crippen LogP contribution in [0.15, 0.2) is 18.2 Å². The zero-order valence-electron chi connectivity index (χ0n) is 9.95. The summed E-state index contributed by atoms with van der Waals surface area (Å²) in [5.74, 6) is 0.101. The fourth-order valence-corrected chi connectivity index (χ4v) is 2.11. The number of hydrogen-bond acceptors (Lipinski definition) is 2. The number of anilines is 1. The van der Waals surface area contributed by atoms with Crippen molar-refractivity contribution < 1.29 is 9.18 Å². The van der Waals surface area contributed by atoms with Crippen LogP contribution in [-0.4, -0.2) is 19.0 Å². The minimum absolute atomic E-state index is 0.101. The molecule has 1 amide bonds. The van der Waals surface area contributed by atoms with Crippen molar-refractivity contribution in [2.45, 2.75) is 19.8 Å². The van der Waals surface area contributed by atoms with E-state index in [9.17, 15) is 9.18 Å². The number of nitrogens with two attached hydrogens (primary N) is 1. The van der Waals surface area contributed by atoms with Gasteiger partial charge in [-0.25, -0.2) is 4.39 Å². The van der Waals surface area contributed by atoms with Crippen molar-refractivity contribution in [2.75, 3.05) is 18.0 Å². The topological polar surface area (TPSA) is 46.3 Å². The molecule has 3 nitrogen and oxygen atoms in total. The molecule has 0 radical (unpaired) electrons. The van der Waals surface area contributed by atoms with Crippen LogP contribution in [0.2, 0.25) is 0 Å². The monoisotopic (exact) mass is 236 g/mol. The molecule has 0 aromatic heterocycles. The Morgan fingerprint density at radius 2 is 2.24 bits per heavy atom. The predicted octanol–water partition coefficient (Wildman–Crippen LogP) is 1.70. The Hall–Kier alpha value is -1.42. The van der Waals surface area contributed by atoms with Crippen LogP contribution in [0.25, 0.3) is 0 Å². The molecule has 1 unspecified atom stereocenters. The minimum atomic E-state index is -0.245. The summed E-state index contributed by atoms with van der Waals surface area (Å²) < 4.78 is 13.1. The van der Waals surface area contributed by atoms with Gasteiger partial charge in [-0.3, -0.25) is 4.79 Å². The third kappa shape index (κ3) is 2.47. The van der Waals surface area contributed by atoms with Gasteiger partial charge in [0.15, 0.2) is 0 Å². The smallest absolute Gasteiger partial charge is 0.227 e. The van der Waals surface area contributed by atoms with Crippen LogP contribution in [0, 0.1) is 11.7 Å². The number of carbonyl (C=O) groups excluding carboxylic acids is 1. The van der Waals surface area contributed by atoms with Crippen LogP contribution in [0.4, 0.5) is 10.1 Å². The first-order chi connectivity index (χ1) is 8.11. The lowest BCUT2D eigenvalue weighted by Gasteiger charge is -2.31. The van der Waals surface area contributed by atoms with Crippen molar-refractivity contribution in [3.8, 4) is 0 Å². The lowest BCUT2D eigenvalue weighted by molar-refractivity contribution is -0.119. The Morgan fingerprint density at radius 3 is 2.94 bits per heavy atom. The van der Waals surface area contributed by atoms with E-state index in [0.29, 0.717) is 25.9 Å². The fourth-order valence-electron chi connectivity index (χ4n) is 2.11. The highest BCUT2D eigenvalue weighted by Crippen LogP contribution is 2.28. The van der Waals surface area contributed by atoms with Gasteiger partial charge in [0, 0.05) is 18.7 Å². The summed E-state index contributed by atoms with van der Waals surface area (Å²) in [4.78, 5) is 13.6. The number of fused-ring (bicyclic) bond motifs is 1. The standard InChI is InChI=1S/C13H17FN2O/c1-9(7-15)8-16-12-4-3-11(14)6-10(12)2-5-13(16)17/h3-4,6,9H,2,5,7-8,15H2,1H3. The molecule has 0 fully saturated rings. The fraction of sp³-hybridized carbons (Fsp3) is 0.462. The van der Waals surface area contributed by atoms with Crippen molar-refractivity contribution in [1.29, 1.82) is 0 Å². The van der Waals surface area contributed by atoms with Crippen LogP contribution in [-0.2, 0) is 11.2 Å². The quantitative estimate of drug-likeness (QED) is 0.868. The second kappa shape index (κ2) is 4.84. The average Bonchev–Trinajstić information content (AvgIpc) is 2.32. The second-order valence-electron chi connectivity index (χ2n) is 4.62. The predicted molar refractivity (Wildman–Crippen MR) is 65.3 cm³/mol. The van der Waals surface area contributed by atoms with Gasteiger partial charge in [0.25, 0.3) is 0 Å². The van der Waals surface area contributed by atoms with Crippen LogP contribution >= 0.6 is 0 Å². The molecule has 0 saturated heterocycles. The zero-order valence-corrected chi connectivity index (χ0v) is 9.95. The Balaban J connectivity index is 2.30. The van der Waals surface area contributed by atoms with E-state index in [1.807, 2.05) is 6.92 Å². The van der Waals surface area contributed by atoms with E-state index in [0.717, 1.165) is 11.3 Å². The number of amides is 1. The van der Waals surface area contributed by atoms with Gasteiger partial charge in [-0.2, -0.15) is 0 Å². The third-order valence-electron chi connectivity index (χ3n) is 3.14. The third-order valence-corrected chi connectivity index (χ3v) is 3.14. The maximum Gasteiger partial charge on any atom is 0.227 e. The number of aryl methyl sites for hydroxylation is 1. The molecule has 1 atom stereocenters. The largest absolute Gasteiger partial charge is 0.330 e. The number of rotatable bonds is 3. The Morgan fingerprint density at radius 1 is 1.47 bits per heavy atom. The number of benzene rings is 1. The van der Waals surface area contributed by atoms with Gasteiger partial charge >= 0.3 is 0 Å². The number of halogens is 1. The van der Waals surface area contributed by atoms with Crippen molar-refractivity contribution >= 4 is 11.6 Å². The van der Waals surface area contributed by atoms with E-state index < -0.39 is 0 Å². The van der Waals surface area contributed by atoms with E-state index in [-0.39, 0.29) is 17.6 Å². The van der Waals surface area contributed by atoms with Gasteiger partial charge in [-0.1, -0.05) is 6.92 Å². The Kier molecular flexibility index (Phi) is 3.43. The molecule has 92 valence electrons. The van der Waals surface area contributed by atoms with Crippen molar-refractivity contribution in [3.63, 3.8) is 0 Å². The highest BCUT2D eigenvalue weighted by molar-refractivity contribution is 5.96. The molecular weight excluding hydrogens is 219 g/mol.